The van der Waals surface area contributed by atoms with Gasteiger partial charge in [0.25, 0.3) is 10.0 Å². The van der Waals surface area contributed by atoms with Gasteiger partial charge < -0.3 is 4.42 Å². The third kappa shape index (κ3) is 4.96. The fourth-order valence-corrected chi connectivity index (χ4v) is 5.63. The van der Waals surface area contributed by atoms with Crippen LogP contribution in [0, 0.1) is 5.82 Å². The Hall–Kier alpha value is -3.71. The molecule has 37 heavy (non-hydrogen) atoms. The number of carbonyl (C=O) groups is 1. The number of hydrogen-bond donors (Lipinski definition) is 0. The largest absolute Gasteiger partial charge is 0.443 e. The highest BCUT2D eigenvalue weighted by atomic mass is 32.2. The van der Waals surface area contributed by atoms with Crippen LogP contribution in [-0.4, -0.2) is 46.0 Å². The van der Waals surface area contributed by atoms with Crippen LogP contribution < -0.4 is 0 Å². The van der Waals surface area contributed by atoms with Crippen molar-refractivity contribution in [1.29, 1.82) is 0 Å². The fourth-order valence-electron chi connectivity index (χ4n) is 4.03. The van der Waals surface area contributed by atoms with Crippen molar-refractivity contribution in [2.24, 2.45) is 0 Å². The Labute approximate surface area is 208 Å². The van der Waals surface area contributed by atoms with E-state index >= 15 is 0 Å². The molecule has 3 aromatic heterocycles. The minimum absolute atomic E-state index is 0.0102. The van der Waals surface area contributed by atoms with Crippen molar-refractivity contribution in [2.75, 3.05) is 6.54 Å². The van der Waals surface area contributed by atoms with E-state index in [1.807, 2.05) is 0 Å². The van der Waals surface area contributed by atoms with Crippen LogP contribution in [0.1, 0.15) is 24.2 Å². The number of sulfonamides is 1. The average Bonchev–Trinajstić information content (AvgIpc) is 3.26. The highest BCUT2D eigenvalue weighted by Gasteiger charge is 2.43. The Balaban J connectivity index is 1.25. The number of fused-ring (bicyclic) bond motifs is 1. The lowest BCUT2D eigenvalue weighted by molar-refractivity contribution is -0.141. The average molecular weight is 534 g/mol. The summed E-state index contributed by atoms with van der Waals surface area (Å²) in [4.78, 5) is 24.4. The zero-order chi connectivity index (χ0) is 26.4. The number of pyridine rings is 1. The number of carbonyl (C=O) groups excluding carboxylic acids is 1. The minimum atomic E-state index is -4.55. The first kappa shape index (κ1) is 25.0. The monoisotopic (exact) mass is 534 g/mol. The molecule has 1 aliphatic heterocycles. The van der Waals surface area contributed by atoms with Crippen LogP contribution in [0.4, 0.5) is 17.6 Å². The molecule has 0 spiro atoms. The Morgan fingerprint density at radius 2 is 1.89 bits per heavy atom. The smallest absolute Gasteiger partial charge is 0.433 e. The summed E-state index contributed by atoms with van der Waals surface area (Å²) < 4.78 is 84.2. The molecule has 1 aliphatic rings. The van der Waals surface area contributed by atoms with Crippen molar-refractivity contribution in [1.82, 2.24) is 19.3 Å². The van der Waals surface area contributed by atoms with Gasteiger partial charge in [0.15, 0.2) is 5.78 Å². The third-order valence-corrected chi connectivity index (χ3v) is 7.83. The molecule has 1 saturated heterocycles. The number of aryl methyl sites for hydroxylation is 1. The minimum Gasteiger partial charge on any atom is -0.443 e. The molecular formula is C24H18F4N4O4S. The molecule has 0 unspecified atom stereocenters. The standard InChI is InChI=1S/C24H18F4N4O4S/c25-16-2-5-21-15(9-16)10-23(36-21)37(34,35)32-8-7-19(32)20(33)4-3-17-11-18(31-13-30-17)14-1-6-22(29-12-14)24(26,27)28/h1-2,5-6,9-13,19H,3-4,7-8H2/t19-/m0/s1. The number of Topliss-reactive ketones (excluding diaryl/α,β-unsaturated/α-hetero) is 1. The van der Waals surface area contributed by atoms with E-state index in [0.717, 1.165) is 28.7 Å². The van der Waals surface area contributed by atoms with Crippen LogP contribution in [-0.2, 0) is 27.4 Å². The third-order valence-electron chi connectivity index (χ3n) is 6.06. The van der Waals surface area contributed by atoms with E-state index in [4.69, 9.17) is 4.42 Å². The molecule has 4 aromatic rings. The van der Waals surface area contributed by atoms with E-state index in [0.29, 0.717) is 28.8 Å². The molecule has 0 amide bonds. The molecule has 0 aliphatic carbocycles. The zero-order valence-electron chi connectivity index (χ0n) is 18.9. The SMILES string of the molecule is O=C(CCc1cc(-c2ccc(C(F)(F)F)nc2)ncn1)[C@@H]1CCN1S(=O)(=O)c1cc2cc(F)ccc2o1. The van der Waals surface area contributed by atoms with E-state index in [1.165, 1.54) is 24.5 Å². The zero-order valence-corrected chi connectivity index (χ0v) is 19.8. The Morgan fingerprint density at radius 1 is 1.08 bits per heavy atom. The molecule has 0 saturated carbocycles. The summed E-state index contributed by atoms with van der Waals surface area (Å²) in [6.45, 7) is 0.142. The molecule has 0 radical (unpaired) electrons. The molecular weight excluding hydrogens is 516 g/mol. The van der Waals surface area contributed by atoms with Crippen molar-refractivity contribution in [3.63, 3.8) is 0 Å². The first-order valence-electron chi connectivity index (χ1n) is 11.1. The van der Waals surface area contributed by atoms with Crippen LogP contribution >= 0.6 is 0 Å². The number of furan rings is 1. The normalized spacial score (nSPS) is 16.6. The number of aromatic nitrogens is 3. The first-order chi connectivity index (χ1) is 17.5. The summed E-state index contributed by atoms with van der Waals surface area (Å²) in [5.41, 5.74) is 0.348. The quantitative estimate of drug-likeness (QED) is 0.324. The van der Waals surface area contributed by atoms with E-state index in [2.05, 4.69) is 15.0 Å². The van der Waals surface area contributed by atoms with Crippen LogP contribution in [0.5, 0.6) is 0 Å². The summed E-state index contributed by atoms with van der Waals surface area (Å²) in [6.07, 6.45) is -1.75. The van der Waals surface area contributed by atoms with Gasteiger partial charge in [0.05, 0.1) is 11.7 Å². The number of hydrogen-bond acceptors (Lipinski definition) is 7. The lowest BCUT2D eigenvalue weighted by Crippen LogP contribution is -2.54. The van der Waals surface area contributed by atoms with Crippen molar-refractivity contribution in [2.45, 2.75) is 36.6 Å². The number of nitrogens with zero attached hydrogens (tertiary/aromatic N) is 4. The van der Waals surface area contributed by atoms with Gasteiger partial charge in [-0.15, -0.1) is 0 Å². The Morgan fingerprint density at radius 3 is 2.57 bits per heavy atom. The number of benzene rings is 1. The lowest BCUT2D eigenvalue weighted by atomic mass is 9.98. The van der Waals surface area contributed by atoms with E-state index in [1.54, 1.807) is 6.07 Å². The van der Waals surface area contributed by atoms with Crippen LogP contribution in [0.25, 0.3) is 22.2 Å². The predicted molar refractivity (Wildman–Crippen MR) is 122 cm³/mol. The fraction of sp³-hybridized carbons (Fsp3) is 0.250. The number of ketones is 1. The van der Waals surface area contributed by atoms with Crippen molar-refractivity contribution >= 4 is 26.8 Å². The van der Waals surface area contributed by atoms with Crippen molar-refractivity contribution in [3.8, 4) is 11.3 Å². The summed E-state index contributed by atoms with van der Waals surface area (Å²) in [7, 11) is -4.10. The summed E-state index contributed by atoms with van der Waals surface area (Å²) in [5.74, 6) is -0.843. The number of alkyl halides is 3. The topological polar surface area (TPSA) is 106 Å². The first-order valence-corrected chi connectivity index (χ1v) is 12.5. The van der Waals surface area contributed by atoms with Gasteiger partial charge in [-0.25, -0.2) is 22.8 Å². The van der Waals surface area contributed by atoms with E-state index in [9.17, 15) is 30.8 Å². The second-order valence-corrected chi connectivity index (χ2v) is 10.3. The van der Waals surface area contributed by atoms with Gasteiger partial charge in [0.1, 0.15) is 23.4 Å². The van der Waals surface area contributed by atoms with Gasteiger partial charge in [-0.3, -0.25) is 9.78 Å². The highest BCUT2D eigenvalue weighted by Crippen LogP contribution is 2.32. The van der Waals surface area contributed by atoms with E-state index in [-0.39, 0.29) is 35.8 Å². The van der Waals surface area contributed by atoms with Gasteiger partial charge in [0.2, 0.25) is 5.09 Å². The van der Waals surface area contributed by atoms with Crippen LogP contribution in [0.15, 0.2) is 64.5 Å². The van der Waals surface area contributed by atoms with Crippen LogP contribution in [0.3, 0.4) is 0 Å². The predicted octanol–water partition coefficient (Wildman–Crippen LogP) is 4.41. The van der Waals surface area contributed by atoms with Gasteiger partial charge in [-0.05, 0) is 49.2 Å². The number of halogens is 4. The molecule has 0 bridgehead atoms. The Bertz CT molecular complexity index is 1590. The molecule has 13 heteroatoms. The van der Waals surface area contributed by atoms with Gasteiger partial charge in [0, 0.05) is 41.9 Å². The van der Waals surface area contributed by atoms with Crippen molar-refractivity contribution < 1.29 is 35.2 Å². The second kappa shape index (κ2) is 9.30. The highest BCUT2D eigenvalue weighted by molar-refractivity contribution is 7.89. The maximum Gasteiger partial charge on any atom is 0.433 e. The van der Waals surface area contributed by atoms with Crippen molar-refractivity contribution in [3.05, 3.63) is 72.2 Å². The van der Waals surface area contributed by atoms with Gasteiger partial charge in [-0.2, -0.15) is 17.5 Å². The maximum atomic E-state index is 13.5. The molecule has 192 valence electrons. The maximum absolute atomic E-state index is 13.5. The molecule has 1 aromatic carbocycles. The summed E-state index contributed by atoms with van der Waals surface area (Å²) in [5, 5.41) is -0.0685. The molecule has 0 N–H and O–H groups in total. The van der Waals surface area contributed by atoms with Gasteiger partial charge >= 0.3 is 6.18 Å². The van der Waals surface area contributed by atoms with E-state index < -0.39 is 33.8 Å². The molecule has 1 atom stereocenters. The Kier molecular flexibility index (Phi) is 6.28. The molecule has 4 heterocycles. The molecule has 5 rings (SSSR count). The summed E-state index contributed by atoms with van der Waals surface area (Å²) in [6, 6.07) is 7.65. The van der Waals surface area contributed by atoms with Gasteiger partial charge in [-0.1, -0.05) is 0 Å². The van der Waals surface area contributed by atoms with Crippen LogP contribution in [0.2, 0.25) is 0 Å². The number of rotatable bonds is 7. The second-order valence-electron chi connectivity index (χ2n) is 8.46. The molecule has 1 fully saturated rings. The molecule has 8 nitrogen and oxygen atoms in total. The summed E-state index contributed by atoms with van der Waals surface area (Å²) >= 11 is 0. The lowest BCUT2D eigenvalue weighted by Gasteiger charge is -2.37.